The molecule has 1 unspecified atom stereocenters. The van der Waals surface area contributed by atoms with Gasteiger partial charge in [-0.15, -0.1) is 0 Å². The molecule has 1 aliphatic heterocycles. The van der Waals surface area contributed by atoms with Crippen LogP contribution < -0.4 is 10.5 Å². The summed E-state index contributed by atoms with van der Waals surface area (Å²) in [6, 6.07) is 8.76. The summed E-state index contributed by atoms with van der Waals surface area (Å²) < 4.78 is 0. The lowest BCUT2D eigenvalue weighted by atomic mass is 9.93. The highest BCUT2D eigenvalue weighted by Gasteiger charge is 2.27. The standard InChI is InChI=1S/C22H24N6O2/c1-27(2)19-11-18(25-21(26-19)15-5-3-9-23-12-15)17-6-4-10-28(14-17)22(30)16-7-8-20(29)24-13-16/h3,5,7-9,11-13,17H,4,6,10,14H2,1-2H3,(H,24,29). The first-order chi connectivity index (χ1) is 14.5. The molecule has 8 nitrogen and oxygen atoms in total. The Morgan fingerprint density at radius 2 is 2.10 bits per heavy atom. The van der Waals surface area contributed by atoms with Crippen LogP contribution in [0.25, 0.3) is 11.4 Å². The number of rotatable bonds is 4. The van der Waals surface area contributed by atoms with Crippen molar-refractivity contribution in [3.8, 4) is 11.4 Å². The van der Waals surface area contributed by atoms with Gasteiger partial charge in [-0.05, 0) is 31.0 Å². The molecule has 1 saturated heterocycles. The van der Waals surface area contributed by atoms with Crippen molar-refractivity contribution < 1.29 is 4.79 Å². The van der Waals surface area contributed by atoms with Crippen molar-refractivity contribution in [2.45, 2.75) is 18.8 Å². The molecule has 1 amide bonds. The average molecular weight is 404 g/mol. The largest absolute Gasteiger partial charge is 0.363 e. The van der Waals surface area contributed by atoms with Gasteiger partial charge in [0.2, 0.25) is 5.56 Å². The van der Waals surface area contributed by atoms with Crippen LogP contribution in [0.4, 0.5) is 5.82 Å². The fourth-order valence-corrected chi connectivity index (χ4v) is 3.64. The number of pyridine rings is 2. The molecular weight excluding hydrogens is 380 g/mol. The molecule has 4 heterocycles. The molecule has 3 aromatic heterocycles. The second-order valence-electron chi connectivity index (χ2n) is 7.64. The highest BCUT2D eigenvalue weighted by atomic mass is 16.2. The van der Waals surface area contributed by atoms with Crippen LogP contribution in [0.15, 0.2) is 53.7 Å². The molecule has 30 heavy (non-hydrogen) atoms. The predicted octanol–water partition coefficient (Wildman–Crippen LogP) is 2.31. The minimum absolute atomic E-state index is 0.0784. The summed E-state index contributed by atoms with van der Waals surface area (Å²) in [6.07, 6.45) is 6.80. The van der Waals surface area contributed by atoms with E-state index >= 15 is 0 Å². The molecule has 154 valence electrons. The lowest BCUT2D eigenvalue weighted by molar-refractivity contribution is 0.0705. The normalized spacial score (nSPS) is 16.3. The molecule has 0 saturated carbocycles. The maximum absolute atomic E-state index is 12.9. The fraction of sp³-hybridized carbons (Fsp3) is 0.318. The third-order valence-electron chi connectivity index (χ3n) is 5.27. The molecule has 1 fully saturated rings. The number of piperidine rings is 1. The number of aromatic nitrogens is 4. The number of likely N-dealkylation sites (tertiary alicyclic amines) is 1. The third-order valence-corrected chi connectivity index (χ3v) is 5.27. The van der Waals surface area contributed by atoms with Gasteiger partial charge in [0.15, 0.2) is 5.82 Å². The van der Waals surface area contributed by atoms with E-state index in [-0.39, 0.29) is 17.4 Å². The number of hydrogen-bond donors (Lipinski definition) is 1. The zero-order valence-corrected chi connectivity index (χ0v) is 17.1. The van der Waals surface area contributed by atoms with E-state index in [1.54, 1.807) is 18.5 Å². The number of hydrogen-bond acceptors (Lipinski definition) is 6. The number of carbonyl (C=O) groups is 1. The van der Waals surface area contributed by atoms with Crippen LogP contribution in [0.3, 0.4) is 0 Å². The number of anilines is 1. The van der Waals surface area contributed by atoms with Gasteiger partial charge < -0.3 is 14.8 Å². The summed E-state index contributed by atoms with van der Waals surface area (Å²) in [7, 11) is 3.90. The number of H-pyrrole nitrogens is 1. The maximum Gasteiger partial charge on any atom is 0.255 e. The number of amides is 1. The van der Waals surface area contributed by atoms with Gasteiger partial charge in [0.1, 0.15) is 5.82 Å². The van der Waals surface area contributed by atoms with Crippen molar-refractivity contribution in [2.75, 3.05) is 32.1 Å². The van der Waals surface area contributed by atoms with E-state index in [0.717, 1.165) is 29.9 Å². The van der Waals surface area contributed by atoms with Gasteiger partial charge in [0, 0.05) is 69.4 Å². The Hall–Kier alpha value is -3.55. The third kappa shape index (κ3) is 4.22. The first-order valence-electron chi connectivity index (χ1n) is 9.96. The lowest BCUT2D eigenvalue weighted by Gasteiger charge is -2.33. The molecule has 8 heteroatoms. The van der Waals surface area contributed by atoms with Gasteiger partial charge in [-0.3, -0.25) is 14.6 Å². The van der Waals surface area contributed by atoms with Crippen LogP contribution in [0.2, 0.25) is 0 Å². The van der Waals surface area contributed by atoms with Gasteiger partial charge in [0.05, 0.1) is 11.3 Å². The number of carbonyl (C=O) groups excluding carboxylic acids is 1. The molecule has 1 aliphatic rings. The Kier molecular flexibility index (Phi) is 5.56. The smallest absolute Gasteiger partial charge is 0.255 e. The summed E-state index contributed by atoms with van der Waals surface area (Å²) in [5.41, 5.74) is 2.05. The van der Waals surface area contributed by atoms with Crippen LogP contribution in [0.5, 0.6) is 0 Å². The molecule has 0 bridgehead atoms. The van der Waals surface area contributed by atoms with Crippen molar-refractivity contribution in [2.24, 2.45) is 0 Å². The Morgan fingerprint density at radius 1 is 1.23 bits per heavy atom. The second kappa shape index (κ2) is 8.44. The molecule has 3 aromatic rings. The average Bonchev–Trinajstić information content (AvgIpc) is 2.79. The van der Waals surface area contributed by atoms with E-state index in [0.29, 0.717) is 24.5 Å². The lowest BCUT2D eigenvalue weighted by Crippen LogP contribution is -2.39. The highest BCUT2D eigenvalue weighted by molar-refractivity contribution is 5.94. The Labute approximate surface area is 174 Å². The quantitative estimate of drug-likeness (QED) is 0.717. The monoisotopic (exact) mass is 404 g/mol. The van der Waals surface area contributed by atoms with Crippen molar-refractivity contribution >= 4 is 11.7 Å². The van der Waals surface area contributed by atoms with E-state index in [9.17, 15) is 9.59 Å². The van der Waals surface area contributed by atoms with Gasteiger partial charge in [-0.25, -0.2) is 9.97 Å². The number of nitrogens with one attached hydrogen (secondary N) is 1. The molecule has 0 aromatic carbocycles. The topological polar surface area (TPSA) is 95.1 Å². The Bertz CT molecular complexity index is 1080. The summed E-state index contributed by atoms with van der Waals surface area (Å²) >= 11 is 0. The number of aromatic amines is 1. The predicted molar refractivity (Wildman–Crippen MR) is 115 cm³/mol. The minimum Gasteiger partial charge on any atom is -0.363 e. The van der Waals surface area contributed by atoms with Crippen molar-refractivity contribution in [3.05, 3.63) is 70.5 Å². The zero-order valence-electron chi connectivity index (χ0n) is 17.1. The van der Waals surface area contributed by atoms with Gasteiger partial charge in [-0.2, -0.15) is 0 Å². The summed E-state index contributed by atoms with van der Waals surface area (Å²) in [4.78, 5) is 44.2. The molecule has 1 N–H and O–H groups in total. The summed E-state index contributed by atoms with van der Waals surface area (Å²) in [5, 5.41) is 0. The first-order valence-corrected chi connectivity index (χ1v) is 9.96. The molecule has 0 aliphatic carbocycles. The van der Waals surface area contributed by atoms with Crippen LogP contribution in [0.1, 0.15) is 34.8 Å². The molecule has 4 rings (SSSR count). The summed E-state index contributed by atoms with van der Waals surface area (Å²) in [6.45, 7) is 1.27. The fourth-order valence-electron chi connectivity index (χ4n) is 3.64. The minimum atomic E-state index is -0.219. The van der Waals surface area contributed by atoms with Gasteiger partial charge in [0.25, 0.3) is 5.91 Å². The molecule has 1 atom stereocenters. The van der Waals surface area contributed by atoms with Gasteiger partial charge >= 0.3 is 0 Å². The summed E-state index contributed by atoms with van der Waals surface area (Å²) in [5.74, 6) is 1.49. The highest BCUT2D eigenvalue weighted by Crippen LogP contribution is 2.30. The van der Waals surface area contributed by atoms with Crippen molar-refractivity contribution in [3.63, 3.8) is 0 Å². The molecule has 0 spiro atoms. The van der Waals surface area contributed by atoms with E-state index in [4.69, 9.17) is 4.98 Å². The van der Waals surface area contributed by atoms with E-state index in [1.807, 2.05) is 42.1 Å². The van der Waals surface area contributed by atoms with Crippen LogP contribution in [-0.4, -0.2) is 57.9 Å². The van der Waals surface area contributed by atoms with E-state index in [2.05, 4.69) is 15.0 Å². The Morgan fingerprint density at radius 3 is 2.80 bits per heavy atom. The van der Waals surface area contributed by atoms with E-state index < -0.39 is 0 Å². The zero-order chi connectivity index (χ0) is 21.1. The van der Waals surface area contributed by atoms with E-state index in [1.165, 1.54) is 12.3 Å². The maximum atomic E-state index is 12.9. The van der Waals surface area contributed by atoms with Crippen molar-refractivity contribution in [1.29, 1.82) is 0 Å². The molecule has 0 radical (unpaired) electrons. The number of nitrogens with zero attached hydrogens (tertiary/aromatic N) is 5. The first kappa shape index (κ1) is 19.8. The van der Waals surface area contributed by atoms with Crippen LogP contribution in [0, 0.1) is 0 Å². The second-order valence-corrected chi connectivity index (χ2v) is 7.64. The van der Waals surface area contributed by atoms with Crippen LogP contribution >= 0.6 is 0 Å². The Balaban J connectivity index is 1.62. The molecular formula is C22H24N6O2. The SMILES string of the molecule is CN(C)c1cc(C2CCCN(C(=O)c3ccc(=O)[nH]c3)C2)nc(-c2cccnc2)n1. The van der Waals surface area contributed by atoms with Crippen molar-refractivity contribution in [1.82, 2.24) is 24.8 Å². The van der Waals surface area contributed by atoms with Crippen LogP contribution in [-0.2, 0) is 0 Å². The van der Waals surface area contributed by atoms with Gasteiger partial charge in [-0.1, -0.05) is 0 Å².